The van der Waals surface area contributed by atoms with Gasteiger partial charge in [-0.25, -0.2) is 9.78 Å². The van der Waals surface area contributed by atoms with Gasteiger partial charge in [0.25, 0.3) is 0 Å². The summed E-state index contributed by atoms with van der Waals surface area (Å²) in [6, 6.07) is 8.56. The molecule has 7 heteroatoms. The minimum atomic E-state index is -1.01. The predicted octanol–water partition coefficient (Wildman–Crippen LogP) is 3.20. The Hall–Kier alpha value is -2.41. The lowest BCUT2D eigenvalue weighted by Gasteiger charge is -2.14. The van der Waals surface area contributed by atoms with E-state index in [2.05, 4.69) is 10.3 Å². The molecule has 0 saturated carbocycles. The van der Waals surface area contributed by atoms with Crippen LogP contribution in [-0.2, 0) is 16.1 Å². The second-order valence-corrected chi connectivity index (χ2v) is 6.28. The largest absolute Gasteiger partial charge is 0.481 e. The van der Waals surface area contributed by atoms with Crippen molar-refractivity contribution in [2.45, 2.75) is 32.9 Å². The van der Waals surface area contributed by atoms with Gasteiger partial charge in [-0.05, 0) is 19.4 Å². The molecule has 122 valence electrons. The SMILES string of the molecule is Cc1nc([C@@H](CC(=O)O)NC(=O)OCc2ccccc2)sc1C. The van der Waals surface area contributed by atoms with Crippen LogP contribution in [-0.4, -0.2) is 22.2 Å². The predicted molar refractivity (Wildman–Crippen MR) is 86.3 cm³/mol. The fraction of sp³-hybridized carbons (Fsp3) is 0.312. The number of aryl methyl sites for hydroxylation is 2. The van der Waals surface area contributed by atoms with E-state index in [4.69, 9.17) is 9.84 Å². The molecule has 0 fully saturated rings. The molecule has 0 unspecified atom stereocenters. The molecule has 1 heterocycles. The lowest BCUT2D eigenvalue weighted by Crippen LogP contribution is -2.30. The fourth-order valence-electron chi connectivity index (χ4n) is 1.93. The van der Waals surface area contributed by atoms with Crippen molar-refractivity contribution in [1.29, 1.82) is 0 Å². The van der Waals surface area contributed by atoms with Crippen LogP contribution < -0.4 is 5.32 Å². The summed E-state index contributed by atoms with van der Waals surface area (Å²) in [6.07, 6.45) is -0.905. The minimum absolute atomic E-state index is 0.127. The van der Waals surface area contributed by atoms with E-state index in [1.165, 1.54) is 11.3 Å². The Balaban J connectivity index is 1.99. The zero-order chi connectivity index (χ0) is 16.8. The summed E-state index contributed by atoms with van der Waals surface area (Å²) >= 11 is 1.38. The van der Waals surface area contributed by atoms with Gasteiger partial charge in [-0.1, -0.05) is 30.3 Å². The van der Waals surface area contributed by atoms with E-state index in [1.54, 1.807) is 0 Å². The zero-order valence-electron chi connectivity index (χ0n) is 12.9. The van der Waals surface area contributed by atoms with Gasteiger partial charge >= 0.3 is 12.1 Å². The molecule has 2 aromatic rings. The minimum Gasteiger partial charge on any atom is -0.481 e. The molecule has 1 aromatic heterocycles. The number of amides is 1. The van der Waals surface area contributed by atoms with E-state index in [1.807, 2.05) is 44.2 Å². The van der Waals surface area contributed by atoms with Crippen molar-refractivity contribution in [2.24, 2.45) is 0 Å². The number of carboxylic acid groups (broad SMARTS) is 1. The van der Waals surface area contributed by atoms with Crippen molar-refractivity contribution in [3.63, 3.8) is 0 Å². The summed E-state index contributed by atoms with van der Waals surface area (Å²) in [5.74, 6) is -1.01. The summed E-state index contributed by atoms with van der Waals surface area (Å²) in [6.45, 7) is 3.88. The first-order valence-electron chi connectivity index (χ1n) is 7.08. The summed E-state index contributed by atoms with van der Waals surface area (Å²) in [5, 5.41) is 12.2. The maximum Gasteiger partial charge on any atom is 0.408 e. The van der Waals surface area contributed by atoms with Gasteiger partial charge in [0, 0.05) is 4.88 Å². The number of ether oxygens (including phenoxy) is 1. The van der Waals surface area contributed by atoms with Crippen molar-refractivity contribution in [1.82, 2.24) is 10.3 Å². The van der Waals surface area contributed by atoms with E-state index in [9.17, 15) is 9.59 Å². The number of nitrogens with one attached hydrogen (secondary N) is 1. The van der Waals surface area contributed by atoms with Crippen LogP contribution in [0.1, 0.15) is 33.6 Å². The average molecular weight is 334 g/mol. The van der Waals surface area contributed by atoms with Crippen LogP contribution in [0.4, 0.5) is 4.79 Å². The Bertz CT molecular complexity index is 665. The lowest BCUT2D eigenvalue weighted by atomic mass is 10.2. The number of alkyl carbamates (subject to hydrolysis) is 1. The molecular formula is C16H18N2O4S. The van der Waals surface area contributed by atoms with E-state index in [0.29, 0.717) is 5.01 Å². The maximum atomic E-state index is 11.9. The number of hydrogen-bond acceptors (Lipinski definition) is 5. The average Bonchev–Trinajstić information content (AvgIpc) is 2.85. The molecule has 1 amide bonds. The van der Waals surface area contributed by atoms with Crippen molar-refractivity contribution >= 4 is 23.4 Å². The number of thiazole rings is 1. The smallest absolute Gasteiger partial charge is 0.408 e. The molecule has 0 aliphatic carbocycles. The second kappa shape index (κ2) is 7.73. The molecule has 1 aromatic carbocycles. The molecule has 0 aliphatic rings. The molecule has 23 heavy (non-hydrogen) atoms. The molecule has 6 nitrogen and oxygen atoms in total. The highest BCUT2D eigenvalue weighted by Crippen LogP contribution is 2.25. The van der Waals surface area contributed by atoms with Crippen LogP contribution >= 0.6 is 11.3 Å². The topological polar surface area (TPSA) is 88.5 Å². The molecule has 0 saturated heterocycles. The number of aromatic nitrogens is 1. The van der Waals surface area contributed by atoms with Crippen LogP contribution in [0.2, 0.25) is 0 Å². The van der Waals surface area contributed by atoms with Crippen molar-refractivity contribution in [3.05, 3.63) is 51.5 Å². The molecule has 0 radical (unpaired) electrons. The van der Waals surface area contributed by atoms with E-state index in [-0.39, 0.29) is 13.0 Å². The summed E-state index contributed by atoms with van der Waals surface area (Å²) in [4.78, 5) is 28.3. The monoisotopic (exact) mass is 334 g/mol. The van der Waals surface area contributed by atoms with Gasteiger partial charge in [0.1, 0.15) is 11.6 Å². The van der Waals surface area contributed by atoms with Crippen LogP contribution in [0.15, 0.2) is 30.3 Å². The van der Waals surface area contributed by atoms with Crippen LogP contribution in [0, 0.1) is 13.8 Å². The van der Waals surface area contributed by atoms with Gasteiger partial charge in [0.15, 0.2) is 0 Å². The van der Waals surface area contributed by atoms with Gasteiger partial charge in [0.05, 0.1) is 18.2 Å². The molecule has 2 N–H and O–H groups in total. The maximum absolute atomic E-state index is 11.9. The van der Waals surface area contributed by atoms with Gasteiger partial charge in [-0.15, -0.1) is 11.3 Å². The van der Waals surface area contributed by atoms with E-state index < -0.39 is 18.1 Å². The van der Waals surface area contributed by atoms with E-state index in [0.717, 1.165) is 16.1 Å². The molecule has 0 spiro atoms. The van der Waals surface area contributed by atoms with Crippen LogP contribution in [0.5, 0.6) is 0 Å². The molecule has 2 rings (SSSR count). The molecule has 1 atom stereocenters. The third-order valence-corrected chi connectivity index (χ3v) is 4.41. The Labute approximate surface area is 138 Å². The fourth-order valence-corrected chi connectivity index (χ4v) is 2.90. The normalized spacial score (nSPS) is 11.7. The molecule has 0 bridgehead atoms. The highest BCUT2D eigenvalue weighted by atomic mass is 32.1. The van der Waals surface area contributed by atoms with Crippen molar-refractivity contribution in [3.8, 4) is 0 Å². The lowest BCUT2D eigenvalue weighted by molar-refractivity contribution is -0.137. The number of benzene rings is 1. The van der Waals surface area contributed by atoms with E-state index >= 15 is 0 Å². The number of aliphatic carboxylic acids is 1. The summed E-state index contributed by atoms with van der Waals surface area (Å²) in [5.41, 5.74) is 1.69. The highest BCUT2D eigenvalue weighted by molar-refractivity contribution is 7.11. The van der Waals surface area contributed by atoms with Crippen LogP contribution in [0.3, 0.4) is 0 Å². The first-order valence-corrected chi connectivity index (χ1v) is 7.90. The standard InChI is InChI=1S/C16H18N2O4S/c1-10-11(2)23-15(17-10)13(8-14(19)20)18-16(21)22-9-12-6-4-3-5-7-12/h3-7,13H,8-9H2,1-2H3,(H,18,21)(H,19,20)/t13-/m1/s1. The Morgan fingerprint density at radius 2 is 2.00 bits per heavy atom. The Morgan fingerprint density at radius 1 is 1.30 bits per heavy atom. The zero-order valence-corrected chi connectivity index (χ0v) is 13.7. The number of carbonyl (C=O) groups is 2. The third-order valence-electron chi connectivity index (χ3n) is 3.23. The summed E-state index contributed by atoms with van der Waals surface area (Å²) in [7, 11) is 0. The Kier molecular flexibility index (Phi) is 5.70. The quantitative estimate of drug-likeness (QED) is 0.847. The second-order valence-electron chi connectivity index (χ2n) is 5.05. The summed E-state index contributed by atoms with van der Waals surface area (Å²) < 4.78 is 5.13. The van der Waals surface area contributed by atoms with Gasteiger partial charge < -0.3 is 15.2 Å². The van der Waals surface area contributed by atoms with Gasteiger partial charge in [-0.2, -0.15) is 0 Å². The van der Waals surface area contributed by atoms with Gasteiger partial charge in [-0.3, -0.25) is 4.79 Å². The first-order chi connectivity index (χ1) is 11.0. The van der Waals surface area contributed by atoms with Crippen LogP contribution in [0.25, 0.3) is 0 Å². The van der Waals surface area contributed by atoms with Gasteiger partial charge in [0.2, 0.25) is 0 Å². The number of carboxylic acids is 1. The number of rotatable bonds is 6. The number of carbonyl (C=O) groups excluding carboxylic acids is 1. The molecular weight excluding hydrogens is 316 g/mol. The number of nitrogens with zero attached hydrogens (tertiary/aromatic N) is 1. The van der Waals surface area contributed by atoms with Crippen molar-refractivity contribution in [2.75, 3.05) is 0 Å². The Morgan fingerprint density at radius 3 is 2.57 bits per heavy atom. The first kappa shape index (κ1) is 17.0. The molecule has 0 aliphatic heterocycles. The number of hydrogen-bond donors (Lipinski definition) is 2. The highest BCUT2D eigenvalue weighted by Gasteiger charge is 2.22. The van der Waals surface area contributed by atoms with Crippen molar-refractivity contribution < 1.29 is 19.4 Å². The third kappa shape index (κ3) is 5.07.